The van der Waals surface area contributed by atoms with Gasteiger partial charge in [-0.1, -0.05) is 0 Å². The maximum atomic E-state index is 10.8. The first-order valence-corrected chi connectivity index (χ1v) is 4.13. The molecule has 13 heavy (non-hydrogen) atoms. The van der Waals surface area contributed by atoms with Crippen LogP contribution in [0.5, 0.6) is 0 Å². The van der Waals surface area contributed by atoms with E-state index in [-0.39, 0.29) is 12.2 Å². The number of hydrogen-bond donors (Lipinski definition) is 1. The number of hydrogen-bond acceptors (Lipinski definition) is 3. The van der Waals surface area contributed by atoms with Crippen molar-refractivity contribution in [1.82, 2.24) is 10.3 Å². The highest BCUT2D eigenvalue weighted by molar-refractivity contribution is 5.69. The first kappa shape index (κ1) is 8.04. The minimum atomic E-state index is -0.367. The number of rotatable bonds is 1. The van der Waals surface area contributed by atoms with E-state index in [2.05, 4.69) is 10.3 Å². The van der Waals surface area contributed by atoms with Gasteiger partial charge in [0.25, 0.3) is 0 Å². The van der Waals surface area contributed by atoms with Crippen LogP contribution in [0, 0.1) is 6.92 Å². The second-order valence-electron chi connectivity index (χ2n) is 3.03. The first-order chi connectivity index (χ1) is 6.25. The average molecular weight is 178 g/mol. The van der Waals surface area contributed by atoms with Crippen molar-refractivity contribution in [2.75, 3.05) is 6.54 Å². The summed E-state index contributed by atoms with van der Waals surface area (Å²) in [5, 5.41) is 2.59. The highest BCUT2D eigenvalue weighted by Crippen LogP contribution is 2.18. The Morgan fingerprint density at radius 2 is 2.54 bits per heavy atom. The van der Waals surface area contributed by atoms with Crippen molar-refractivity contribution in [1.29, 1.82) is 0 Å². The lowest BCUT2D eigenvalue weighted by atomic mass is 10.2. The van der Waals surface area contributed by atoms with Gasteiger partial charge in [0.2, 0.25) is 0 Å². The molecule has 2 rings (SSSR count). The molecule has 1 aromatic heterocycles. The van der Waals surface area contributed by atoms with Crippen molar-refractivity contribution < 1.29 is 9.53 Å². The average Bonchev–Trinajstić information content (AvgIpc) is 2.52. The maximum Gasteiger partial charge on any atom is 0.408 e. The van der Waals surface area contributed by atoms with Gasteiger partial charge < -0.3 is 10.1 Å². The number of amides is 1. The van der Waals surface area contributed by atoms with Crippen molar-refractivity contribution in [3.8, 4) is 0 Å². The molecule has 1 saturated heterocycles. The summed E-state index contributed by atoms with van der Waals surface area (Å²) in [6.07, 6.45) is 1.12. The number of pyridine rings is 1. The van der Waals surface area contributed by atoms with Gasteiger partial charge in [-0.05, 0) is 24.6 Å². The zero-order chi connectivity index (χ0) is 9.26. The van der Waals surface area contributed by atoms with E-state index < -0.39 is 0 Å². The molecule has 0 aliphatic carbocycles. The number of nitrogens with zero attached hydrogens (tertiary/aromatic N) is 1. The Morgan fingerprint density at radius 3 is 3.15 bits per heavy atom. The predicted molar refractivity (Wildman–Crippen MR) is 46.2 cm³/mol. The van der Waals surface area contributed by atoms with Gasteiger partial charge in [-0.3, -0.25) is 4.98 Å². The normalized spacial score (nSPS) is 21.0. The molecule has 1 N–H and O–H groups in total. The van der Waals surface area contributed by atoms with Gasteiger partial charge in [-0.2, -0.15) is 0 Å². The van der Waals surface area contributed by atoms with E-state index in [1.165, 1.54) is 0 Å². The summed E-state index contributed by atoms with van der Waals surface area (Å²) >= 11 is 0. The number of nitrogens with one attached hydrogen (secondary N) is 1. The highest BCUT2D eigenvalue weighted by Gasteiger charge is 2.24. The molecule has 0 radical (unpaired) electrons. The summed E-state index contributed by atoms with van der Waals surface area (Å²) in [7, 11) is 0. The second-order valence-corrected chi connectivity index (χ2v) is 3.03. The monoisotopic (exact) mass is 178 g/mol. The Hall–Kier alpha value is -1.58. The summed E-state index contributed by atoms with van der Waals surface area (Å²) < 4.78 is 4.99. The van der Waals surface area contributed by atoms with Gasteiger partial charge in [0.1, 0.15) is 0 Å². The molecule has 1 amide bonds. The lowest BCUT2D eigenvalue weighted by Crippen LogP contribution is -2.12. The third-order valence-electron chi connectivity index (χ3n) is 1.95. The van der Waals surface area contributed by atoms with Crippen LogP contribution in [0.3, 0.4) is 0 Å². The molecule has 2 heterocycles. The maximum absolute atomic E-state index is 10.8. The van der Waals surface area contributed by atoms with Gasteiger partial charge in [0.05, 0.1) is 12.2 Å². The van der Waals surface area contributed by atoms with Crippen LogP contribution in [0.4, 0.5) is 4.79 Å². The van der Waals surface area contributed by atoms with Crippen molar-refractivity contribution in [3.05, 3.63) is 29.6 Å². The molecule has 1 aromatic rings. The van der Waals surface area contributed by atoms with Crippen LogP contribution in [0.2, 0.25) is 0 Å². The topological polar surface area (TPSA) is 51.2 Å². The number of carbonyl (C=O) groups excluding carboxylic acids is 1. The molecule has 0 aromatic carbocycles. The molecule has 1 atom stereocenters. The zero-order valence-corrected chi connectivity index (χ0v) is 7.28. The van der Waals surface area contributed by atoms with E-state index >= 15 is 0 Å². The summed E-state index contributed by atoms with van der Waals surface area (Å²) in [4.78, 5) is 14.9. The number of ether oxygens (including phenoxy) is 1. The third-order valence-corrected chi connectivity index (χ3v) is 1.95. The SMILES string of the molecule is Cc1ccnc(C2CNC(=O)O2)c1. The molecule has 0 bridgehead atoms. The standard InChI is InChI=1S/C9H10N2O2/c1-6-2-3-10-7(4-6)8-5-11-9(12)13-8/h2-4,8H,5H2,1H3,(H,11,12). The minimum absolute atomic E-state index is 0.229. The van der Waals surface area contributed by atoms with Gasteiger partial charge in [0, 0.05) is 6.20 Å². The van der Waals surface area contributed by atoms with Crippen LogP contribution in [0.25, 0.3) is 0 Å². The van der Waals surface area contributed by atoms with E-state index in [4.69, 9.17) is 4.74 Å². The quantitative estimate of drug-likeness (QED) is 0.702. The van der Waals surface area contributed by atoms with E-state index in [0.717, 1.165) is 11.3 Å². The summed E-state index contributed by atoms with van der Waals surface area (Å²) in [6.45, 7) is 2.49. The Labute approximate surface area is 75.9 Å². The Kier molecular flexibility index (Phi) is 1.88. The fraction of sp³-hybridized carbons (Fsp3) is 0.333. The molecule has 1 unspecified atom stereocenters. The van der Waals surface area contributed by atoms with E-state index in [1.807, 2.05) is 19.1 Å². The Morgan fingerprint density at radius 1 is 1.69 bits per heavy atom. The highest BCUT2D eigenvalue weighted by atomic mass is 16.6. The summed E-state index contributed by atoms with van der Waals surface area (Å²) in [5.74, 6) is 0. The van der Waals surface area contributed by atoms with Crippen molar-refractivity contribution >= 4 is 6.09 Å². The molecule has 0 spiro atoms. The molecular formula is C9H10N2O2. The van der Waals surface area contributed by atoms with Crippen LogP contribution in [-0.4, -0.2) is 17.6 Å². The van der Waals surface area contributed by atoms with E-state index in [0.29, 0.717) is 6.54 Å². The van der Waals surface area contributed by atoms with Crippen molar-refractivity contribution in [2.45, 2.75) is 13.0 Å². The number of aryl methyl sites for hydroxylation is 1. The smallest absolute Gasteiger partial charge is 0.408 e. The lowest BCUT2D eigenvalue weighted by Gasteiger charge is -2.06. The van der Waals surface area contributed by atoms with Gasteiger partial charge in [-0.15, -0.1) is 0 Å². The molecule has 68 valence electrons. The van der Waals surface area contributed by atoms with Crippen LogP contribution in [-0.2, 0) is 4.74 Å². The Balaban J connectivity index is 2.21. The minimum Gasteiger partial charge on any atom is -0.438 e. The number of carbonyl (C=O) groups is 1. The number of cyclic esters (lactones) is 1. The molecular weight excluding hydrogens is 168 g/mol. The van der Waals surface area contributed by atoms with Crippen LogP contribution in [0.15, 0.2) is 18.3 Å². The Bertz CT molecular complexity index is 338. The number of alkyl carbamates (subject to hydrolysis) is 1. The summed E-state index contributed by atoms with van der Waals surface area (Å²) in [5.41, 5.74) is 1.92. The van der Waals surface area contributed by atoms with Gasteiger partial charge in [0.15, 0.2) is 6.10 Å². The fourth-order valence-electron chi connectivity index (χ4n) is 1.29. The molecule has 4 nitrogen and oxygen atoms in total. The lowest BCUT2D eigenvalue weighted by molar-refractivity contribution is 0.139. The molecule has 0 saturated carbocycles. The largest absolute Gasteiger partial charge is 0.438 e. The fourth-order valence-corrected chi connectivity index (χ4v) is 1.29. The molecule has 1 fully saturated rings. The van der Waals surface area contributed by atoms with Crippen LogP contribution in [0.1, 0.15) is 17.4 Å². The zero-order valence-electron chi connectivity index (χ0n) is 7.28. The van der Waals surface area contributed by atoms with E-state index in [9.17, 15) is 4.79 Å². The molecule has 4 heteroatoms. The van der Waals surface area contributed by atoms with Crippen LogP contribution >= 0.6 is 0 Å². The van der Waals surface area contributed by atoms with Crippen molar-refractivity contribution in [3.63, 3.8) is 0 Å². The molecule has 1 aliphatic rings. The second kappa shape index (κ2) is 3.05. The summed E-state index contributed by atoms with van der Waals surface area (Å²) in [6, 6.07) is 3.83. The third kappa shape index (κ3) is 1.61. The van der Waals surface area contributed by atoms with E-state index in [1.54, 1.807) is 6.20 Å². The van der Waals surface area contributed by atoms with Crippen LogP contribution < -0.4 is 5.32 Å². The van der Waals surface area contributed by atoms with Gasteiger partial charge >= 0.3 is 6.09 Å². The van der Waals surface area contributed by atoms with Crippen molar-refractivity contribution in [2.24, 2.45) is 0 Å². The first-order valence-electron chi connectivity index (χ1n) is 4.13. The van der Waals surface area contributed by atoms with Gasteiger partial charge in [-0.25, -0.2) is 4.79 Å². The number of aromatic nitrogens is 1. The predicted octanol–water partition coefficient (Wildman–Crippen LogP) is 1.17. The molecule has 1 aliphatic heterocycles.